The number of hydrogen-bond acceptors (Lipinski definition) is 4. The fraction of sp³-hybridized carbons (Fsp3) is 0.0800. The van der Waals surface area contributed by atoms with Crippen LogP contribution in [0.4, 0.5) is 11.6 Å². The minimum absolute atomic E-state index is 0.135. The molecule has 3 aromatic carbocycles. The van der Waals surface area contributed by atoms with Crippen LogP contribution in [0.25, 0.3) is 11.3 Å². The van der Waals surface area contributed by atoms with Crippen LogP contribution in [-0.2, 0) is 6.42 Å². The molecular weight excluding hydrogens is 443 g/mol. The minimum Gasteiger partial charge on any atom is -0.352 e. The van der Waals surface area contributed by atoms with Crippen molar-refractivity contribution in [1.82, 2.24) is 15.3 Å². The van der Waals surface area contributed by atoms with Crippen molar-refractivity contribution in [2.24, 2.45) is 0 Å². The number of nitrogens with one attached hydrogen (secondary N) is 2. The van der Waals surface area contributed by atoms with Gasteiger partial charge in [0.25, 0.3) is 5.91 Å². The third kappa shape index (κ3) is 5.63. The first-order valence-electron chi connectivity index (χ1n) is 10.1. The Morgan fingerprint density at radius 2 is 1.62 bits per heavy atom. The van der Waals surface area contributed by atoms with Gasteiger partial charge in [-0.3, -0.25) is 4.79 Å². The van der Waals surface area contributed by atoms with Gasteiger partial charge in [0.2, 0.25) is 5.95 Å². The van der Waals surface area contributed by atoms with Crippen LogP contribution in [0.2, 0.25) is 10.0 Å². The molecule has 160 valence electrons. The summed E-state index contributed by atoms with van der Waals surface area (Å²) in [6, 6.07) is 24.1. The molecule has 0 saturated carbocycles. The zero-order chi connectivity index (χ0) is 22.3. The molecule has 0 unspecified atom stereocenters. The number of aromatic nitrogens is 2. The third-order valence-corrected chi connectivity index (χ3v) is 5.46. The largest absolute Gasteiger partial charge is 0.352 e. The van der Waals surface area contributed by atoms with Crippen molar-refractivity contribution in [3.63, 3.8) is 0 Å². The summed E-state index contributed by atoms with van der Waals surface area (Å²) < 4.78 is 0. The number of anilines is 2. The molecule has 0 bridgehead atoms. The van der Waals surface area contributed by atoms with E-state index in [9.17, 15) is 4.79 Å². The highest BCUT2D eigenvalue weighted by Crippen LogP contribution is 2.21. The van der Waals surface area contributed by atoms with Crippen LogP contribution in [0, 0.1) is 0 Å². The molecule has 32 heavy (non-hydrogen) atoms. The minimum atomic E-state index is -0.135. The first-order valence-corrected chi connectivity index (χ1v) is 10.8. The van der Waals surface area contributed by atoms with Gasteiger partial charge in [-0.15, -0.1) is 0 Å². The number of hydrogen-bond donors (Lipinski definition) is 2. The summed E-state index contributed by atoms with van der Waals surface area (Å²) in [6.45, 7) is 0.508. The summed E-state index contributed by atoms with van der Waals surface area (Å²) in [6.07, 6.45) is 2.37. The highest BCUT2D eigenvalue weighted by atomic mass is 35.5. The molecule has 4 rings (SSSR count). The molecule has 2 N–H and O–H groups in total. The van der Waals surface area contributed by atoms with Crippen LogP contribution in [0.1, 0.15) is 15.9 Å². The van der Waals surface area contributed by atoms with Crippen molar-refractivity contribution in [3.05, 3.63) is 106 Å². The van der Waals surface area contributed by atoms with Gasteiger partial charge in [-0.1, -0.05) is 53.5 Å². The first kappa shape index (κ1) is 21.8. The van der Waals surface area contributed by atoms with Gasteiger partial charge >= 0.3 is 0 Å². The lowest BCUT2D eigenvalue weighted by Gasteiger charge is -2.09. The van der Waals surface area contributed by atoms with E-state index in [2.05, 4.69) is 20.6 Å². The molecule has 7 heteroatoms. The summed E-state index contributed by atoms with van der Waals surface area (Å²) >= 11 is 12.1. The highest BCUT2D eigenvalue weighted by molar-refractivity contribution is 6.31. The number of halogens is 2. The van der Waals surface area contributed by atoms with Crippen LogP contribution < -0.4 is 10.6 Å². The Labute approximate surface area is 196 Å². The Bertz CT molecular complexity index is 1210. The fourth-order valence-corrected chi connectivity index (χ4v) is 3.50. The number of benzene rings is 3. The van der Waals surface area contributed by atoms with Crippen molar-refractivity contribution in [3.8, 4) is 11.3 Å². The van der Waals surface area contributed by atoms with Gasteiger partial charge in [0, 0.05) is 39.6 Å². The van der Waals surface area contributed by atoms with Gasteiger partial charge < -0.3 is 10.6 Å². The second-order valence-electron chi connectivity index (χ2n) is 7.07. The SMILES string of the molecule is O=C(NCCc1ccccc1Cl)c1ccc(Nc2nccc(-c3ccc(Cl)cc3)n2)cc1. The van der Waals surface area contributed by atoms with Crippen LogP contribution >= 0.6 is 23.2 Å². The van der Waals surface area contributed by atoms with Crippen molar-refractivity contribution in [2.45, 2.75) is 6.42 Å². The molecule has 4 aromatic rings. The molecule has 0 spiro atoms. The van der Waals surface area contributed by atoms with E-state index >= 15 is 0 Å². The topological polar surface area (TPSA) is 66.9 Å². The molecule has 1 aromatic heterocycles. The van der Waals surface area contributed by atoms with Crippen molar-refractivity contribution < 1.29 is 4.79 Å². The molecule has 0 radical (unpaired) electrons. The lowest BCUT2D eigenvalue weighted by atomic mass is 10.1. The van der Waals surface area contributed by atoms with E-state index in [1.165, 1.54) is 0 Å². The maximum Gasteiger partial charge on any atom is 0.251 e. The number of rotatable bonds is 7. The van der Waals surface area contributed by atoms with Gasteiger partial charge in [0.1, 0.15) is 0 Å². The van der Waals surface area contributed by atoms with Crippen LogP contribution in [0.15, 0.2) is 85.1 Å². The van der Waals surface area contributed by atoms with E-state index < -0.39 is 0 Å². The fourth-order valence-electron chi connectivity index (χ4n) is 3.15. The number of amides is 1. The molecule has 0 atom stereocenters. The molecule has 0 aliphatic carbocycles. The van der Waals surface area contributed by atoms with E-state index in [1.54, 1.807) is 18.3 Å². The summed E-state index contributed by atoms with van der Waals surface area (Å²) in [7, 11) is 0. The lowest BCUT2D eigenvalue weighted by Crippen LogP contribution is -2.25. The van der Waals surface area contributed by atoms with E-state index in [1.807, 2.05) is 66.7 Å². The summed E-state index contributed by atoms with van der Waals surface area (Å²) in [5, 5.41) is 7.47. The summed E-state index contributed by atoms with van der Waals surface area (Å²) in [5.74, 6) is 0.332. The molecule has 1 heterocycles. The van der Waals surface area contributed by atoms with Crippen molar-refractivity contribution in [1.29, 1.82) is 0 Å². The summed E-state index contributed by atoms with van der Waals surface area (Å²) in [5.41, 5.74) is 4.10. The Balaban J connectivity index is 1.35. The highest BCUT2D eigenvalue weighted by Gasteiger charge is 2.07. The van der Waals surface area contributed by atoms with Gasteiger partial charge in [-0.2, -0.15) is 0 Å². The van der Waals surface area contributed by atoms with Gasteiger partial charge in [-0.05, 0) is 60.5 Å². The van der Waals surface area contributed by atoms with Crippen molar-refractivity contribution >= 4 is 40.7 Å². The quantitative estimate of drug-likeness (QED) is 0.344. The van der Waals surface area contributed by atoms with Crippen molar-refractivity contribution in [2.75, 3.05) is 11.9 Å². The van der Waals surface area contributed by atoms with E-state index in [4.69, 9.17) is 23.2 Å². The average molecular weight is 463 g/mol. The molecular formula is C25H20Cl2N4O. The number of nitrogens with zero attached hydrogens (tertiary/aromatic N) is 2. The van der Waals surface area contributed by atoms with Crippen LogP contribution in [0.3, 0.4) is 0 Å². The normalized spacial score (nSPS) is 10.6. The van der Waals surface area contributed by atoms with E-state index in [-0.39, 0.29) is 5.91 Å². The maximum absolute atomic E-state index is 12.4. The lowest BCUT2D eigenvalue weighted by molar-refractivity contribution is 0.0954. The zero-order valence-electron chi connectivity index (χ0n) is 17.1. The third-order valence-electron chi connectivity index (χ3n) is 4.84. The molecule has 0 aliphatic heterocycles. The molecule has 5 nitrogen and oxygen atoms in total. The van der Waals surface area contributed by atoms with E-state index in [0.29, 0.717) is 34.5 Å². The molecule has 0 saturated heterocycles. The predicted molar refractivity (Wildman–Crippen MR) is 130 cm³/mol. The van der Waals surface area contributed by atoms with Gasteiger partial charge in [0.05, 0.1) is 5.69 Å². The smallest absolute Gasteiger partial charge is 0.251 e. The van der Waals surface area contributed by atoms with Gasteiger partial charge in [0.15, 0.2) is 0 Å². The number of carbonyl (C=O) groups is 1. The Kier molecular flexibility index (Phi) is 7.00. The van der Waals surface area contributed by atoms with Gasteiger partial charge in [-0.25, -0.2) is 9.97 Å². The molecule has 0 aliphatic rings. The number of carbonyl (C=O) groups excluding carboxylic acids is 1. The van der Waals surface area contributed by atoms with E-state index in [0.717, 1.165) is 22.5 Å². The molecule has 0 fully saturated rings. The first-order chi connectivity index (χ1) is 15.6. The summed E-state index contributed by atoms with van der Waals surface area (Å²) in [4.78, 5) is 21.2. The average Bonchev–Trinajstić information content (AvgIpc) is 2.81. The monoisotopic (exact) mass is 462 g/mol. The predicted octanol–water partition coefficient (Wildman–Crippen LogP) is 6.17. The Hall–Kier alpha value is -3.41. The second-order valence-corrected chi connectivity index (χ2v) is 7.92. The van der Waals surface area contributed by atoms with Crippen LogP contribution in [-0.4, -0.2) is 22.4 Å². The molecule has 1 amide bonds. The maximum atomic E-state index is 12.4. The zero-order valence-corrected chi connectivity index (χ0v) is 18.6. The second kappa shape index (κ2) is 10.3. The Morgan fingerprint density at radius 1 is 0.875 bits per heavy atom. The Morgan fingerprint density at radius 3 is 2.38 bits per heavy atom. The van der Waals surface area contributed by atoms with Crippen LogP contribution in [0.5, 0.6) is 0 Å². The standard InChI is InChI=1S/C25H20Cl2N4O/c26-20-9-5-18(6-10-20)23-14-16-29-25(31-23)30-21-11-7-19(8-12-21)24(32)28-15-13-17-3-1-2-4-22(17)27/h1-12,14,16H,13,15H2,(H,28,32)(H,29,30,31).